The van der Waals surface area contributed by atoms with Gasteiger partial charge < -0.3 is 14.7 Å². The maximum Gasteiger partial charge on any atom is 0.180 e. The number of anilines is 2. The van der Waals surface area contributed by atoms with Crippen LogP contribution in [0.1, 0.15) is 38.5 Å². The fraction of sp³-hybridized carbons (Fsp3) is 0.571. The summed E-state index contributed by atoms with van der Waals surface area (Å²) in [6, 6.07) is 0.540. The summed E-state index contributed by atoms with van der Waals surface area (Å²) in [7, 11) is 2.12. The highest BCUT2D eigenvalue weighted by atomic mass is 15.3. The van der Waals surface area contributed by atoms with Gasteiger partial charge in [0.05, 0.1) is 6.20 Å². The van der Waals surface area contributed by atoms with Gasteiger partial charge in [-0.2, -0.15) is 0 Å². The number of aromatic nitrogens is 3. The summed E-state index contributed by atoms with van der Waals surface area (Å²) in [5.41, 5.74) is 3.52. The molecular formula is C14H22N6. The number of imidazole rings is 1. The molecule has 2 heterocycles. The zero-order valence-corrected chi connectivity index (χ0v) is 11.9. The molecule has 1 fully saturated rings. The fourth-order valence-electron chi connectivity index (χ4n) is 3.04. The second-order valence-corrected chi connectivity index (χ2v) is 5.51. The Kier molecular flexibility index (Phi) is 3.73. The van der Waals surface area contributed by atoms with Gasteiger partial charge in [-0.05, 0) is 12.8 Å². The molecule has 0 atom stereocenters. The minimum absolute atomic E-state index is 0.540. The molecule has 1 aliphatic rings. The maximum absolute atomic E-state index is 5.52. The quantitative estimate of drug-likeness (QED) is 0.510. The van der Waals surface area contributed by atoms with Crippen LogP contribution in [-0.2, 0) is 0 Å². The lowest BCUT2D eigenvalue weighted by molar-refractivity contribution is 0.549. The lowest BCUT2D eigenvalue weighted by Crippen LogP contribution is -2.32. The summed E-state index contributed by atoms with van der Waals surface area (Å²) in [4.78, 5) is 11.3. The molecule has 0 saturated heterocycles. The van der Waals surface area contributed by atoms with Crippen molar-refractivity contribution in [1.82, 2.24) is 14.4 Å². The van der Waals surface area contributed by atoms with Crippen LogP contribution >= 0.6 is 0 Å². The van der Waals surface area contributed by atoms with Crippen molar-refractivity contribution in [3.8, 4) is 0 Å². The van der Waals surface area contributed by atoms with E-state index in [0.717, 1.165) is 11.5 Å². The minimum Gasteiger partial charge on any atom is -0.354 e. The van der Waals surface area contributed by atoms with Crippen LogP contribution in [-0.4, -0.2) is 27.5 Å². The van der Waals surface area contributed by atoms with E-state index < -0.39 is 0 Å². The van der Waals surface area contributed by atoms with Gasteiger partial charge >= 0.3 is 0 Å². The molecule has 0 aromatic carbocycles. The lowest BCUT2D eigenvalue weighted by atomic mass is 10.1. The Bertz CT molecular complexity index is 570. The van der Waals surface area contributed by atoms with Crippen molar-refractivity contribution in [2.45, 2.75) is 44.6 Å². The van der Waals surface area contributed by atoms with Crippen LogP contribution in [0.15, 0.2) is 18.6 Å². The van der Waals surface area contributed by atoms with E-state index in [9.17, 15) is 0 Å². The second-order valence-electron chi connectivity index (χ2n) is 5.51. The number of hydrogen-bond donors (Lipinski definition) is 2. The zero-order valence-electron chi connectivity index (χ0n) is 11.9. The van der Waals surface area contributed by atoms with Crippen LogP contribution < -0.4 is 16.2 Å². The van der Waals surface area contributed by atoms with Crippen LogP contribution in [0.5, 0.6) is 0 Å². The molecule has 20 heavy (non-hydrogen) atoms. The van der Waals surface area contributed by atoms with E-state index in [1.807, 2.05) is 16.8 Å². The van der Waals surface area contributed by atoms with E-state index in [4.69, 9.17) is 5.84 Å². The molecule has 6 nitrogen and oxygen atoms in total. The molecule has 0 amide bonds. The number of nitrogen functional groups attached to an aromatic ring is 1. The molecular weight excluding hydrogens is 252 g/mol. The van der Waals surface area contributed by atoms with Crippen molar-refractivity contribution < 1.29 is 0 Å². The number of fused-ring (bicyclic) bond motifs is 1. The van der Waals surface area contributed by atoms with Crippen molar-refractivity contribution in [3.05, 3.63) is 18.6 Å². The Morgan fingerprint density at radius 1 is 1.30 bits per heavy atom. The highest BCUT2D eigenvalue weighted by Crippen LogP contribution is 2.27. The molecule has 0 spiro atoms. The van der Waals surface area contributed by atoms with E-state index >= 15 is 0 Å². The summed E-state index contributed by atoms with van der Waals surface area (Å²) in [5, 5.41) is 0. The highest BCUT2D eigenvalue weighted by Gasteiger charge is 2.21. The van der Waals surface area contributed by atoms with Crippen molar-refractivity contribution >= 4 is 17.3 Å². The second kappa shape index (κ2) is 5.66. The van der Waals surface area contributed by atoms with Crippen LogP contribution in [0.3, 0.4) is 0 Å². The Morgan fingerprint density at radius 3 is 2.75 bits per heavy atom. The molecule has 2 aromatic heterocycles. The average Bonchev–Trinajstić information content (AvgIpc) is 2.78. The van der Waals surface area contributed by atoms with Gasteiger partial charge in [-0.1, -0.05) is 25.7 Å². The molecule has 2 aromatic rings. The third-order valence-electron chi connectivity index (χ3n) is 4.21. The monoisotopic (exact) mass is 274 g/mol. The molecule has 0 unspecified atom stereocenters. The molecule has 0 aliphatic heterocycles. The van der Waals surface area contributed by atoms with Gasteiger partial charge in [0.2, 0.25) is 0 Å². The van der Waals surface area contributed by atoms with Gasteiger partial charge in [0.1, 0.15) is 0 Å². The number of nitrogens with one attached hydrogen (secondary N) is 1. The first-order valence-electron chi connectivity index (χ1n) is 7.33. The molecule has 0 radical (unpaired) electrons. The molecule has 108 valence electrons. The van der Waals surface area contributed by atoms with Crippen LogP contribution in [0.2, 0.25) is 0 Å². The summed E-state index contributed by atoms with van der Waals surface area (Å²) >= 11 is 0. The summed E-state index contributed by atoms with van der Waals surface area (Å²) in [5.74, 6) is 7.08. The first-order valence-corrected chi connectivity index (χ1v) is 7.33. The van der Waals surface area contributed by atoms with Gasteiger partial charge in [0, 0.05) is 25.5 Å². The fourth-order valence-corrected chi connectivity index (χ4v) is 3.04. The Hall–Kier alpha value is -1.82. The predicted molar refractivity (Wildman–Crippen MR) is 80.7 cm³/mol. The average molecular weight is 274 g/mol. The first-order chi connectivity index (χ1) is 9.79. The topological polar surface area (TPSA) is 71.5 Å². The maximum atomic E-state index is 5.52. The molecule has 3 rings (SSSR count). The lowest BCUT2D eigenvalue weighted by Gasteiger charge is -2.28. The Morgan fingerprint density at radius 2 is 2.05 bits per heavy atom. The number of rotatable bonds is 3. The van der Waals surface area contributed by atoms with Gasteiger partial charge in [0.15, 0.2) is 17.3 Å². The normalized spacial score (nSPS) is 17.1. The van der Waals surface area contributed by atoms with Crippen molar-refractivity contribution in [3.63, 3.8) is 0 Å². The zero-order chi connectivity index (χ0) is 13.9. The number of hydrogen-bond acceptors (Lipinski definition) is 5. The minimum atomic E-state index is 0.540. The van der Waals surface area contributed by atoms with Gasteiger partial charge in [-0.25, -0.2) is 15.8 Å². The van der Waals surface area contributed by atoms with Crippen molar-refractivity contribution in [1.29, 1.82) is 0 Å². The molecule has 3 N–H and O–H groups in total. The largest absolute Gasteiger partial charge is 0.354 e. The number of nitrogens with zero attached hydrogens (tertiary/aromatic N) is 4. The molecule has 1 saturated carbocycles. The van der Waals surface area contributed by atoms with E-state index in [-0.39, 0.29) is 0 Å². The van der Waals surface area contributed by atoms with Crippen molar-refractivity contribution in [2.24, 2.45) is 5.84 Å². The third kappa shape index (κ3) is 2.43. The Balaban J connectivity index is 1.96. The summed E-state index contributed by atoms with van der Waals surface area (Å²) in [6.07, 6.45) is 13.3. The SMILES string of the molecule is CN(c1nc(NN)cn2ccnc12)C1CCCCCC1. The van der Waals surface area contributed by atoms with Gasteiger partial charge in [-0.3, -0.25) is 0 Å². The van der Waals surface area contributed by atoms with Gasteiger partial charge in [-0.15, -0.1) is 0 Å². The van der Waals surface area contributed by atoms with E-state index in [1.54, 1.807) is 6.20 Å². The number of hydrazine groups is 1. The van der Waals surface area contributed by atoms with Crippen LogP contribution in [0.4, 0.5) is 11.6 Å². The van der Waals surface area contributed by atoms with Crippen LogP contribution in [0, 0.1) is 0 Å². The molecule has 6 heteroatoms. The summed E-state index contributed by atoms with van der Waals surface area (Å²) < 4.78 is 1.96. The number of nitrogens with two attached hydrogens (primary N) is 1. The van der Waals surface area contributed by atoms with Crippen molar-refractivity contribution in [2.75, 3.05) is 17.4 Å². The highest BCUT2D eigenvalue weighted by molar-refractivity contribution is 5.66. The standard InChI is InChI=1S/C14H22N6/c1-19(11-6-4-2-3-5-7-11)14-13-16-8-9-20(13)10-12(17-14)18-15/h8-11,18H,2-7,15H2,1H3. The van der Waals surface area contributed by atoms with E-state index in [0.29, 0.717) is 11.9 Å². The van der Waals surface area contributed by atoms with E-state index in [1.165, 1.54) is 38.5 Å². The first kappa shape index (κ1) is 13.2. The molecule has 1 aliphatic carbocycles. The van der Waals surface area contributed by atoms with Crippen LogP contribution in [0.25, 0.3) is 5.65 Å². The molecule has 0 bridgehead atoms. The van der Waals surface area contributed by atoms with E-state index in [2.05, 4.69) is 27.3 Å². The summed E-state index contributed by atoms with van der Waals surface area (Å²) in [6.45, 7) is 0. The smallest absolute Gasteiger partial charge is 0.180 e. The Labute approximate surface area is 119 Å². The third-order valence-corrected chi connectivity index (χ3v) is 4.21. The van der Waals surface area contributed by atoms with Gasteiger partial charge in [0.25, 0.3) is 0 Å². The predicted octanol–water partition coefficient (Wildman–Crippen LogP) is 2.17.